The van der Waals surface area contributed by atoms with Crippen molar-refractivity contribution in [2.75, 3.05) is 0 Å². The van der Waals surface area contributed by atoms with Crippen LogP contribution in [0.2, 0.25) is 10.0 Å². The molecule has 0 fully saturated rings. The van der Waals surface area contributed by atoms with Crippen molar-refractivity contribution < 1.29 is 0 Å². The van der Waals surface area contributed by atoms with Crippen molar-refractivity contribution in [3.63, 3.8) is 0 Å². The Morgan fingerprint density at radius 3 is 2.19 bits per heavy atom. The number of aromatic nitrogens is 3. The van der Waals surface area contributed by atoms with Gasteiger partial charge in [0.15, 0.2) is 11.0 Å². The first-order valence-electron chi connectivity index (χ1n) is 8.35. The van der Waals surface area contributed by atoms with Gasteiger partial charge in [-0.25, -0.2) is 0 Å². The summed E-state index contributed by atoms with van der Waals surface area (Å²) in [5.41, 5.74) is 3.13. The number of hydrogen-bond acceptors (Lipinski definition) is 3. The van der Waals surface area contributed by atoms with E-state index in [1.54, 1.807) is 11.8 Å². The molecule has 0 bridgehead atoms. The van der Waals surface area contributed by atoms with E-state index in [1.165, 1.54) is 0 Å². The minimum atomic E-state index is 0.559. The lowest BCUT2D eigenvalue weighted by molar-refractivity contribution is 0.886. The normalized spacial score (nSPS) is 10.9. The van der Waals surface area contributed by atoms with Crippen LogP contribution in [0.1, 0.15) is 5.56 Å². The molecule has 134 valence electrons. The summed E-state index contributed by atoms with van der Waals surface area (Å²) in [6, 6.07) is 25.9. The molecule has 1 heterocycles. The third-order valence-electron chi connectivity index (χ3n) is 4.03. The van der Waals surface area contributed by atoms with E-state index >= 15 is 0 Å². The van der Waals surface area contributed by atoms with Crippen LogP contribution in [0.4, 0.5) is 0 Å². The Hall–Kier alpha value is -2.27. The molecule has 6 heteroatoms. The first-order valence-corrected chi connectivity index (χ1v) is 10.1. The zero-order valence-corrected chi connectivity index (χ0v) is 16.5. The van der Waals surface area contributed by atoms with Crippen LogP contribution in [-0.4, -0.2) is 14.8 Å². The van der Waals surface area contributed by atoms with Gasteiger partial charge in [0.05, 0.1) is 10.0 Å². The van der Waals surface area contributed by atoms with Gasteiger partial charge in [-0.15, -0.1) is 10.2 Å². The molecule has 0 amide bonds. The van der Waals surface area contributed by atoms with Crippen molar-refractivity contribution in [2.45, 2.75) is 10.9 Å². The van der Waals surface area contributed by atoms with Gasteiger partial charge in [0.1, 0.15) is 0 Å². The van der Waals surface area contributed by atoms with E-state index in [1.807, 2.05) is 66.7 Å². The highest BCUT2D eigenvalue weighted by Gasteiger charge is 2.16. The molecule has 0 saturated carbocycles. The van der Waals surface area contributed by atoms with Gasteiger partial charge < -0.3 is 0 Å². The Morgan fingerprint density at radius 2 is 1.48 bits per heavy atom. The lowest BCUT2D eigenvalue weighted by Crippen LogP contribution is -1.99. The first-order chi connectivity index (χ1) is 13.2. The highest BCUT2D eigenvalue weighted by atomic mass is 35.5. The van der Waals surface area contributed by atoms with E-state index in [-0.39, 0.29) is 0 Å². The summed E-state index contributed by atoms with van der Waals surface area (Å²) < 4.78 is 2.08. The number of rotatable bonds is 5. The van der Waals surface area contributed by atoms with E-state index in [4.69, 9.17) is 23.2 Å². The smallest absolute Gasteiger partial charge is 0.196 e. The summed E-state index contributed by atoms with van der Waals surface area (Å²) >= 11 is 13.8. The van der Waals surface area contributed by atoms with Crippen molar-refractivity contribution in [3.8, 4) is 17.1 Å². The molecule has 0 radical (unpaired) electrons. The van der Waals surface area contributed by atoms with Crippen molar-refractivity contribution in [1.82, 2.24) is 14.8 Å². The molecular formula is C21H15Cl2N3S. The Balaban J connectivity index is 1.70. The van der Waals surface area contributed by atoms with E-state index in [2.05, 4.69) is 26.9 Å². The highest BCUT2D eigenvalue weighted by Crippen LogP contribution is 2.31. The van der Waals surface area contributed by atoms with Crippen LogP contribution in [0.25, 0.3) is 17.1 Å². The summed E-state index contributed by atoms with van der Waals surface area (Å²) in [5, 5.41) is 10.8. The second kappa shape index (κ2) is 8.17. The van der Waals surface area contributed by atoms with Gasteiger partial charge in [-0.05, 0) is 29.8 Å². The number of nitrogens with zero attached hydrogens (tertiary/aromatic N) is 3. The highest BCUT2D eigenvalue weighted by molar-refractivity contribution is 7.98. The number of halogens is 2. The van der Waals surface area contributed by atoms with E-state index in [0.717, 1.165) is 33.5 Å². The molecule has 4 rings (SSSR count). The Bertz CT molecular complexity index is 1050. The van der Waals surface area contributed by atoms with Crippen molar-refractivity contribution >= 4 is 35.0 Å². The fraction of sp³-hybridized carbons (Fsp3) is 0.0476. The van der Waals surface area contributed by atoms with Crippen LogP contribution in [0.3, 0.4) is 0 Å². The van der Waals surface area contributed by atoms with Gasteiger partial charge in [0.25, 0.3) is 0 Å². The molecule has 3 nitrogen and oxygen atoms in total. The van der Waals surface area contributed by atoms with Crippen molar-refractivity contribution in [2.24, 2.45) is 0 Å². The second-order valence-corrected chi connectivity index (χ2v) is 7.64. The molecule has 1 aromatic heterocycles. The van der Waals surface area contributed by atoms with Gasteiger partial charge >= 0.3 is 0 Å². The van der Waals surface area contributed by atoms with Gasteiger partial charge in [0, 0.05) is 17.0 Å². The molecule has 4 aromatic rings. The fourth-order valence-corrected chi connectivity index (χ4v) is 3.94. The minimum absolute atomic E-state index is 0.559. The van der Waals surface area contributed by atoms with Crippen LogP contribution >= 0.6 is 35.0 Å². The van der Waals surface area contributed by atoms with Crippen LogP contribution in [-0.2, 0) is 5.75 Å². The zero-order chi connectivity index (χ0) is 18.6. The standard InChI is InChI=1S/C21H15Cl2N3S/c22-18-12-11-15(13-19(18)23)14-27-21-25-24-20(16-7-3-1-4-8-16)26(21)17-9-5-2-6-10-17/h1-13H,14H2. The third-order valence-corrected chi connectivity index (χ3v) is 5.77. The summed E-state index contributed by atoms with van der Waals surface area (Å²) in [6.45, 7) is 0. The molecule has 0 aliphatic heterocycles. The molecule has 0 N–H and O–H groups in total. The van der Waals surface area contributed by atoms with Crippen LogP contribution in [0.15, 0.2) is 84.0 Å². The average molecular weight is 412 g/mol. The lowest BCUT2D eigenvalue weighted by atomic mass is 10.2. The SMILES string of the molecule is Clc1ccc(CSc2nnc(-c3ccccc3)n2-c2ccccc2)cc1Cl. The Morgan fingerprint density at radius 1 is 0.778 bits per heavy atom. The quantitative estimate of drug-likeness (QED) is 0.349. The Kier molecular flexibility index (Phi) is 5.48. The number of hydrogen-bond donors (Lipinski definition) is 0. The lowest BCUT2D eigenvalue weighted by Gasteiger charge is -2.10. The Labute approximate surface area is 172 Å². The van der Waals surface area contributed by atoms with E-state index in [9.17, 15) is 0 Å². The molecule has 0 saturated heterocycles. The largest absolute Gasteiger partial charge is 0.270 e. The zero-order valence-electron chi connectivity index (χ0n) is 14.2. The van der Waals surface area contributed by atoms with E-state index in [0.29, 0.717) is 10.0 Å². The predicted molar refractivity (Wildman–Crippen MR) is 113 cm³/mol. The maximum absolute atomic E-state index is 6.13. The number of para-hydroxylation sites is 1. The molecule has 0 atom stereocenters. The van der Waals surface area contributed by atoms with E-state index < -0.39 is 0 Å². The van der Waals surface area contributed by atoms with Gasteiger partial charge in [0.2, 0.25) is 0 Å². The van der Waals surface area contributed by atoms with Crippen LogP contribution in [0.5, 0.6) is 0 Å². The first kappa shape index (κ1) is 18.1. The topological polar surface area (TPSA) is 30.7 Å². The van der Waals surface area contributed by atoms with Crippen molar-refractivity contribution in [3.05, 3.63) is 94.5 Å². The third kappa shape index (κ3) is 4.03. The minimum Gasteiger partial charge on any atom is -0.270 e. The van der Waals surface area contributed by atoms with Gasteiger partial charge in [-0.3, -0.25) is 4.57 Å². The predicted octanol–water partition coefficient (Wildman–Crippen LogP) is 6.53. The van der Waals surface area contributed by atoms with Crippen molar-refractivity contribution in [1.29, 1.82) is 0 Å². The molecule has 27 heavy (non-hydrogen) atoms. The summed E-state index contributed by atoms with van der Waals surface area (Å²) in [5.74, 6) is 1.54. The molecule has 0 spiro atoms. The monoisotopic (exact) mass is 411 g/mol. The summed E-state index contributed by atoms with van der Waals surface area (Å²) in [4.78, 5) is 0. The summed E-state index contributed by atoms with van der Waals surface area (Å²) in [7, 11) is 0. The average Bonchev–Trinajstić information content (AvgIpc) is 3.14. The maximum atomic E-state index is 6.13. The second-order valence-electron chi connectivity index (χ2n) is 5.88. The summed E-state index contributed by atoms with van der Waals surface area (Å²) in [6.07, 6.45) is 0. The fourth-order valence-electron chi connectivity index (χ4n) is 2.72. The molecule has 3 aromatic carbocycles. The van der Waals surface area contributed by atoms with Crippen LogP contribution in [0, 0.1) is 0 Å². The number of benzene rings is 3. The molecular weight excluding hydrogens is 397 g/mol. The number of thioether (sulfide) groups is 1. The van der Waals surface area contributed by atoms with Gasteiger partial charge in [-0.1, -0.05) is 89.6 Å². The molecule has 0 unspecified atom stereocenters. The maximum Gasteiger partial charge on any atom is 0.196 e. The molecule has 0 aliphatic carbocycles. The van der Waals surface area contributed by atoms with Gasteiger partial charge in [-0.2, -0.15) is 0 Å². The van der Waals surface area contributed by atoms with Crippen LogP contribution < -0.4 is 0 Å². The molecule has 0 aliphatic rings.